The number of benzene rings is 1. The zero-order chi connectivity index (χ0) is 10.2. The third-order valence-corrected chi connectivity index (χ3v) is 3.64. The van der Waals surface area contributed by atoms with Crippen LogP contribution in [0.5, 0.6) is 0 Å². The summed E-state index contributed by atoms with van der Waals surface area (Å²) in [6.07, 6.45) is 0. The molecule has 72 valence electrons. The molecule has 0 radical (unpaired) electrons. The third-order valence-electron chi connectivity index (χ3n) is 1.94. The van der Waals surface area contributed by atoms with Gasteiger partial charge in [0.15, 0.2) is 0 Å². The molecule has 0 atom stereocenters. The van der Waals surface area contributed by atoms with E-state index < -0.39 is 0 Å². The second kappa shape index (κ2) is 4.04. The van der Waals surface area contributed by atoms with Crippen LogP contribution in [0.4, 0.5) is 0 Å². The van der Waals surface area contributed by atoms with Crippen LogP contribution < -0.4 is 0 Å². The average molecular weight is 400 g/mol. The van der Waals surface area contributed by atoms with E-state index in [1.807, 2.05) is 0 Å². The Morgan fingerprint density at radius 2 is 1.38 bits per heavy atom. The maximum atomic E-state index is 2.43. The van der Waals surface area contributed by atoms with Crippen molar-refractivity contribution in [2.75, 3.05) is 0 Å². The summed E-state index contributed by atoms with van der Waals surface area (Å²) in [5.74, 6) is 0. The van der Waals surface area contributed by atoms with E-state index in [4.69, 9.17) is 0 Å². The number of aryl methyl sites for hydroxylation is 1. The van der Waals surface area contributed by atoms with Gasteiger partial charge in [-0.05, 0) is 80.8 Å². The predicted molar refractivity (Wildman–Crippen MR) is 75.3 cm³/mol. The molecule has 0 heterocycles. The average Bonchev–Trinajstić information content (AvgIpc) is 1.78. The van der Waals surface area contributed by atoms with E-state index >= 15 is 0 Å². The highest BCUT2D eigenvalue weighted by Gasteiger charge is 2.20. The molecular formula is C11H14I2. The van der Waals surface area contributed by atoms with Crippen molar-refractivity contribution in [2.45, 2.75) is 33.1 Å². The molecule has 0 bridgehead atoms. The standard InChI is InChI=1S/C11H14I2/c1-7-5-8(12)10(9(13)6-7)11(2,3)4/h5-6H,1-4H3. The van der Waals surface area contributed by atoms with Gasteiger partial charge in [-0.3, -0.25) is 0 Å². The van der Waals surface area contributed by atoms with Crippen molar-refractivity contribution in [3.63, 3.8) is 0 Å². The number of hydrogen-bond acceptors (Lipinski definition) is 0. The SMILES string of the molecule is Cc1cc(I)c(C(C)(C)C)c(I)c1. The first kappa shape index (κ1) is 11.8. The number of rotatable bonds is 0. The van der Waals surface area contributed by atoms with Gasteiger partial charge in [0.05, 0.1) is 0 Å². The van der Waals surface area contributed by atoms with Crippen LogP contribution in [0.25, 0.3) is 0 Å². The second-order valence-electron chi connectivity index (χ2n) is 4.35. The van der Waals surface area contributed by atoms with Crippen molar-refractivity contribution >= 4 is 45.2 Å². The van der Waals surface area contributed by atoms with Crippen LogP contribution >= 0.6 is 45.2 Å². The van der Waals surface area contributed by atoms with Crippen LogP contribution in [0.1, 0.15) is 31.9 Å². The van der Waals surface area contributed by atoms with E-state index in [9.17, 15) is 0 Å². The monoisotopic (exact) mass is 400 g/mol. The molecule has 2 heteroatoms. The van der Waals surface area contributed by atoms with Gasteiger partial charge in [-0.25, -0.2) is 0 Å². The van der Waals surface area contributed by atoms with Gasteiger partial charge in [-0.1, -0.05) is 20.8 Å². The zero-order valence-electron chi connectivity index (χ0n) is 8.41. The lowest BCUT2D eigenvalue weighted by atomic mass is 9.87. The first-order valence-electron chi connectivity index (χ1n) is 4.28. The Morgan fingerprint density at radius 1 is 1.00 bits per heavy atom. The lowest BCUT2D eigenvalue weighted by Crippen LogP contribution is -2.15. The minimum absolute atomic E-state index is 0.251. The molecular weight excluding hydrogens is 386 g/mol. The van der Waals surface area contributed by atoms with Gasteiger partial charge in [0.1, 0.15) is 0 Å². The Balaban J connectivity index is 3.38. The summed E-state index contributed by atoms with van der Waals surface area (Å²) in [6.45, 7) is 8.95. The molecule has 1 aromatic carbocycles. The van der Waals surface area contributed by atoms with Gasteiger partial charge < -0.3 is 0 Å². The number of hydrogen-bond donors (Lipinski definition) is 0. The largest absolute Gasteiger partial charge is 0.0560 e. The molecule has 0 aliphatic carbocycles. The summed E-state index contributed by atoms with van der Waals surface area (Å²) >= 11 is 4.86. The topological polar surface area (TPSA) is 0 Å². The Labute approximate surface area is 108 Å². The highest BCUT2D eigenvalue weighted by atomic mass is 127. The van der Waals surface area contributed by atoms with Crippen molar-refractivity contribution in [2.24, 2.45) is 0 Å². The van der Waals surface area contributed by atoms with Gasteiger partial charge in [-0.2, -0.15) is 0 Å². The highest BCUT2D eigenvalue weighted by Crippen LogP contribution is 2.32. The van der Waals surface area contributed by atoms with E-state index in [-0.39, 0.29) is 5.41 Å². The van der Waals surface area contributed by atoms with Gasteiger partial charge >= 0.3 is 0 Å². The van der Waals surface area contributed by atoms with Crippen molar-refractivity contribution in [1.82, 2.24) is 0 Å². The minimum Gasteiger partial charge on any atom is -0.0560 e. The fourth-order valence-electron chi connectivity index (χ4n) is 1.42. The predicted octanol–water partition coefficient (Wildman–Crippen LogP) is 4.50. The lowest BCUT2D eigenvalue weighted by Gasteiger charge is -2.23. The molecule has 0 aliphatic heterocycles. The molecule has 0 N–H and O–H groups in total. The highest BCUT2D eigenvalue weighted by molar-refractivity contribution is 14.1. The summed E-state index contributed by atoms with van der Waals surface area (Å²) in [4.78, 5) is 0. The minimum atomic E-state index is 0.251. The molecule has 0 aliphatic rings. The van der Waals surface area contributed by atoms with Crippen molar-refractivity contribution in [1.29, 1.82) is 0 Å². The summed E-state index contributed by atoms with van der Waals surface area (Å²) in [5.41, 5.74) is 3.07. The number of halogens is 2. The van der Waals surface area contributed by atoms with Crippen LogP contribution in [-0.2, 0) is 5.41 Å². The lowest BCUT2D eigenvalue weighted by molar-refractivity contribution is 0.583. The molecule has 1 rings (SSSR count). The van der Waals surface area contributed by atoms with Gasteiger partial charge in [0, 0.05) is 7.14 Å². The van der Waals surface area contributed by atoms with E-state index in [0.717, 1.165) is 0 Å². The molecule has 0 nitrogen and oxygen atoms in total. The van der Waals surface area contributed by atoms with E-state index in [1.54, 1.807) is 0 Å². The van der Waals surface area contributed by atoms with Crippen LogP contribution in [0.3, 0.4) is 0 Å². The van der Waals surface area contributed by atoms with Crippen LogP contribution in [0.2, 0.25) is 0 Å². The van der Waals surface area contributed by atoms with Gasteiger partial charge in [-0.15, -0.1) is 0 Å². The fourth-order valence-corrected chi connectivity index (χ4v) is 5.11. The quantitative estimate of drug-likeness (QED) is 0.563. The third kappa shape index (κ3) is 2.81. The van der Waals surface area contributed by atoms with Crippen LogP contribution in [0, 0.1) is 14.1 Å². The molecule has 0 aromatic heterocycles. The Morgan fingerprint density at radius 3 is 1.69 bits per heavy atom. The summed E-state index contributed by atoms with van der Waals surface area (Å²) in [7, 11) is 0. The Bertz CT molecular complexity index is 298. The molecule has 0 unspecified atom stereocenters. The molecule has 0 saturated carbocycles. The fraction of sp³-hybridized carbons (Fsp3) is 0.455. The molecule has 0 fully saturated rings. The Hall–Kier alpha value is 0.680. The maximum Gasteiger partial charge on any atom is 0.0180 e. The van der Waals surface area contributed by atoms with Crippen molar-refractivity contribution < 1.29 is 0 Å². The van der Waals surface area contributed by atoms with E-state index in [2.05, 4.69) is 85.0 Å². The van der Waals surface area contributed by atoms with Crippen LogP contribution in [-0.4, -0.2) is 0 Å². The van der Waals surface area contributed by atoms with Crippen molar-refractivity contribution in [3.8, 4) is 0 Å². The summed E-state index contributed by atoms with van der Waals surface area (Å²) < 4.78 is 2.77. The summed E-state index contributed by atoms with van der Waals surface area (Å²) in [5, 5.41) is 0. The Kier molecular flexibility index (Phi) is 3.66. The summed E-state index contributed by atoms with van der Waals surface area (Å²) in [6, 6.07) is 4.51. The van der Waals surface area contributed by atoms with Crippen molar-refractivity contribution in [3.05, 3.63) is 30.4 Å². The zero-order valence-corrected chi connectivity index (χ0v) is 12.7. The van der Waals surface area contributed by atoms with Gasteiger partial charge in [0.25, 0.3) is 0 Å². The van der Waals surface area contributed by atoms with E-state index in [1.165, 1.54) is 18.3 Å². The maximum absolute atomic E-state index is 2.43. The molecule has 13 heavy (non-hydrogen) atoms. The first-order chi connectivity index (χ1) is 5.82. The molecule has 0 saturated heterocycles. The molecule has 0 amide bonds. The smallest absolute Gasteiger partial charge is 0.0180 e. The normalized spacial score (nSPS) is 11.8. The van der Waals surface area contributed by atoms with Gasteiger partial charge in [0.2, 0.25) is 0 Å². The molecule has 1 aromatic rings. The van der Waals surface area contributed by atoms with Crippen LogP contribution in [0.15, 0.2) is 12.1 Å². The second-order valence-corrected chi connectivity index (χ2v) is 6.68. The van der Waals surface area contributed by atoms with E-state index in [0.29, 0.717) is 0 Å². The molecule has 0 spiro atoms. The first-order valence-corrected chi connectivity index (χ1v) is 6.44.